The molecule has 1 N–H and O–H groups in total. The van der Waals surface area contributed by atoms with Gasteiger partial charge in [0, 0.05) is 19.1 Å². The minimum atomic E-state index is -0.247. The van der Waals surface area contributed by atoms with Gasteiger partial charge in [-0.1, -0.05) is 6.07 Å². The van der Waals surface area contributed by atoms with E-state index in [9.17, 15) is 9.59 Å². The minimum absolute atomic E-state index is 0.0244. The van der Waals surface area contributed by atoms with Crippen LogP contribution in [0.3, 0.4) is 0 Å². The molecule has 0 bridgehead atoms. The van der Waals surface area contributed by atoms with Gasteiger partial charge in [0.25, 0.3) is 11.8 Å². The largest absolute Gasteiger partial charge is 0.496 e. The number of methoxy groups -OCH3 is 2. The van der Waals surface area contributed by atoms with E-state index in [2.05, 4.69) is 5.32 Å². The van der Waals surface area contributed by atoms with Gasteiger partial charge in [0.05, 0.1) is 20.8 Å². The first-order valence-corrected chi connectivity index (χ1v) is 10.7. The Morgan fingerprint density at radius 3 is 2.03 bits per heavy atom. The minimum Gasteiger partial charge on any atom is -0.496 e. The maximum atomic E-state index is 12.8. The van der Waals surface area contributed by atoms with Crippen LogP contribution in [-0.2, 0) is 4.79 Å². The molecular formula is C24H30N2O6. The van der Waals surface area contributed by atoms with E-state index in [1.54, 1.807) is 35.2 Å². The summed E-state index contributed by atoms with van der Waals surface area (Å²) in [6, 6.07) is 12.4. The van der Waals surface area contributed by atoms with Crippen molar-refractivity contribution < 1.29 is 28.5 Å². The standard InChI is InChI=1S/C24H30N2O6/c1-4-31-18-8-10-19(11-9-18)32-16-22(27)26-14-12-17(13-15-26)25-24(28)23-20(29-2)6-5-7-21(23)30-3/h5-11,17H,4,12-16H2,1-3H3,(H,25,28). The second kappa shape index (κ2) is 11.3. The SMILES string of the molecule is CCOc1ccc(OCC(=O)N2CCC(NC(=O)c3c(OC)cccc3OC)CC2)cc1. The first-order valence-electron chi connectivity index (χ1n) is 10.7. The number of piperidine rings is 1. The zero-order valence-electron chi connectivity index (χ0n) is 18.8. The van der Waals surface area contributed by atoms with E-state index in [1.807, 2.05) is 19.1 Å². The Hall–Kier alpha value is -3.42. The van der Waals surface area contributed by atoms with Crippen molar-refractivity contribution in [3.05, 3.63) is 48.0 Å². The Labute approximate surface area is 188 Å². The van der Waals surface area contributed by atoms with Gasteiger partial charge in [0.1, 0.15) is 28.6 Å². The molecular weight excluding hydrogens is 412 g/mol. The molecule has 0 aliphatic carbocycles. The monoisotopic (exact) mass is 442 g/mol. The van der Waals surface area contributed by atoms with Crippen LogP contribution >= 0.6 is 0 Å². The highest BCUT2D eigenvalue weighted by molar-refractivity contribution is 5.99. The van der Waals surface area contributed by atoms with Crippen molar-refractivity contribution in [3.63, 3.8) is 0 Å². The van der Waals surface area contributed by atoms with Gasteiger partial charge in [-0.2, -0.15) is 0 Å². The number of nitrogens with one attached hydrogen (secondary N) is 1. The zero-order chi connectivity index (χ0) is 22.9. The van der Waals surface area contributed by atoms with E-state index >= 15 is 0 Å². The van der Waals surface area contributed by atoms with Crippen LogP contribution in [-0.4, -0.2) is 63.3 Å². The smallest absolute Gasteiger partial charge is 0.260 e. The van der Waals surface area contributed by atoms with Gasteiger partial charge in [0.15, 0.2) is 6.61 Å². The molecule has 1 saturated heterocycles. The molecule has 1 fully saturated rings. The number of benzene rings is 2. The van der Waals surface area contributed by atoms with E-state index in [-0.39, 0.29) is 24.5 Å². The summed E-state index contributed by atoms with van der Waals surface area (Å²) < 4.78 is 21.6. The molecule has 2 aromatic rings. The predicted molar refractivity (Wildman–Crippen MR) is 120 cm³/mol. The fourth-order valence-corrected chi connectivity index (χ4v) is 3.64. The first kappa shape index (κ1) is 23.2. The number of ether oxygens (including phenoxy) is 4. The third-order valence-electron chi connectivity index (χ3n) is 5.33. The summed E-state index contributed by atoms with van der Waals surface area (Å²) in [6.07, 6.45) is 1.33. The van der Waals surface area contributed by atoms with Gasteiger partial charge in [-0.25, -0.2) is 0 Å². The lowest BCUT2D eigenvalue weighted by atomic mass is 10.0. The molecule has 0 saturated carbocycles. The Morgan fingerprint density at radius 1 is 0.938 bits per heavy atom. The van der Waals surface area contributed by atoms with Crippen LogP contribution < -0.4 is 24.3 Å². The van der Waals surface area contributed by atoms with Gasteiger partial charge >= 0.3 is 0 Å². The summed E-state index contributed by atoms with van der Waals surface area (Å²) in [6.45, 7) is 3.61. The highest BCUT2D eigenvalue weighted by Crippen LogP contribution is 2.28. The first-order chi connectivity index (χ1) is 15.5. The van der Waals surface area contributed by atoms with Crippen molar-refractivity contribution in [2.75, 3.05) is 40.5 Å². The van der Waals surface area contributed by atoms with E-state index < -0.39 is 0 Å². The van der Waals surface area contributed by atoms with Crippen LogP contribution in [0.25, 0.3) is 0 Å². The molecule has 1 aliphatic rings. The summed E-state index contributed by atoms with van der Waals surface area (Å²) in [5.41, 5.74) is 0.375. The zero-order valence-corrected chi connectivity index (χ0v) is 18.8. The van der Waals surface area contributed by atoms with Crippen molar-refractivity contribution >= 4 is 11.8 Å². The third-order valence-corrected chi connectivity index (χ3v) is 5.33. The van der Waals surface area contributed by atoms with Crippen LogP contribution in [0.15, 0.2) is 42.5 Å². The Bertz CT molecular complexity index is 885. The summed E-state index contributed by atoms with van der Waals surface area (Å²) in [5, 5.41) is 3.04. The quantitative estimate of drug-likeness (QED) is 0.643. The van der Waals surface area contributed by atoms with Crippen molar-refractivity contribution in [2.24, 2.45) is 0 Å². The van der Waals surface area contributed by atoms with Crippen molar-refractivity contribution in [2.45, 2.75) is 25.8 Å². The molecule has 0 unspecified atom stereocenters. The number of hydrogen-bond acceptors (Lipinski definition) is 6. The van der Waals surface area contributed by atoms with Crippen molar-refractivity contribution in [3.8, 4) is 23.0 Å². The number of likely N-dealkylation sites (tertiary alicyclic amines) is 1. The highest BCUT2D eigenvalue weighted by Gasteiger charge is 2.26. The molecule has 8 heteroatoms. The Morgan fingerprint density at radius 2 is 1.50 bits per heavy atom. The third kappa shape index (κ3) is 5.84. The molecule has 3 rings (SSSR count). The number of hydrogen-bond donors (Lipinski definition) is 1. The number of nitrogens with zero attached hydrogens (tertiary/aromatic N) is 1. The Balaban J connectivity index is 1.47. The van der Waals surface area contributed by atoms with Crippen LogP contribution in [0.5, 0.6) is 23.0 Å². The van der Waals surface area contributed by atoms with Crippen LogP contribution in [0.4, 0.5) is 0 Å². The summed E-state index contributed by atoms with van der Waals surface area (Å²) in [5.74, 6) is 1.98. The maximum Gasteiger partial charge on any atom is 0.260 e. The van der Waals surface area contributed by atoms with Crippen LogP contribution in [0.2, 0.25) is 0 Å². The molecule has 32 heavy (non-hydrogen) atoms. The summed E-state index contributed by atoms with van der Waals surface area (Å²) in [7, 11) is 3.04. The van der Waals surface area contributed by atoms with Crippen molar-refractivity contribution in [1.29, 1.82) is 0 Å². The molecule has 0 spiro atoms. The van der Waals surface area contributed by atoms with E-state index in [4.69, 9.17) is 18.9 Å². The lowest BCUT2D eigenvalue weighted by molar-refractivity contribution is -0.134. The second-order valence-corrected chi connectivity index (χ2v) is 7.36. The highest BCUT2D eigenvalue weighted by atomic mass is 16.5. The number of amides is 2. The molecule has 0 aromatic heterocycles. The normalized spacial score (nSPS) is 13.9. The van der Waals surface area contributed by atoms with E-state index in [1.165, 1.54) is 14.2 Å². The average Bonchev–Trinajstić information content (AvgIpc) is 2.83. The number of carbonyl (C=O) groups excluding carboxylic acids is 2. The van der Waals surface area contributed by atoms with Gasteiger partial charge in [-0.05, 0) is 56.2 Å². The molecule has 1 heterocycles. The summed E-state index contributed by atoms with van der Waals surface area (Å²) in [4.78, 5) is 27.1. The number of carbonyl (C=O) groups is 2. The molecule has 8 nitrogen and oxygen atoms in total. The topological polar surface area (TPSA) is 86.3 Å². The van der Waals surface area contributed by atoms with Crippen LogP contribution in [0, 0.1) is 0 Å². The lowest BCUT2D eigenvalue weighted by Crippen LogP contribution is -2.47. The lowest BCUT2D eigenvalue weighted by Gasteiger charge is -2.32. The van der Waals surface area contributed by atoms with Crippen molar-refractivity contribution in [1.82, 2.24) is 10.2 Å². The summed E-state index contributed by atoms with van der Waals surface area (Å²) >= 11 is 0. The molecule has 0 atom stereocenters. The Kier molecular flexibility index (Phi) is 8.19. The van der Waals surface area contributed by atoms with E-state index in [0.717, 1.165) is 5.75 Å². The second-order valence-electron chi connectivity index (χ2n) is 7.36. The molecule has 1 aliphatic heterocycles. The van der Waals surface area contributed by atoms with E-state index in [0.29, 0.717) is 55.4 Å². The van der Waals surface area contributed by atoms with Gasteiger partial charge < -0.3 is 29.2 Å². The molecule has 2 amide bonds. The molecule has 0 radical (unpaired) electrons. The molecule has 172 valence electrons. The molecule has 2 aromatic carbocycles. The average molecular weight is 443 g/mol. The maximum absolute atomic E-state index is 12.8. The fourth-order valence-electron chi connectivity index (χ4n) is 3.64. The van der Waals surface area contributed by atoms with Gasteiger partial charge in [-0.3, -0.25) is 9.59 Å². The predicted octanol–water partition coefficient (Wildman–Crippen LogP) is 2.90. The number of rotatable bonds is 9. The van der Waals surface area contributed by atoms with Gasteiger partial charge in [-0.15, -0.1) is 0 Å². The fraction of sp³-hybridized carbons (Fsp3) is 0.417. The van der Waals surface area contributed by atoms with Crippen LogP contribution in [0.1, 0.15) is 30.1 Å². The van der Waals surface area contributed by atoms with Gasteiger partial charge in [0.2, 0.25) is 0 Å².